The van der Waals surface area contributed by atoms with Crippen LogP contribution in [-0.4, -0.2) is 36.0 Å². The molecule has 6 aromatic rings. The van der Waals surface area contributed by atoms with Gasteiger partial charge in [-0.05, 0) is 45.3 Å². The molecule has 6 nitrogen and oxygen atoms in total. The van der Waals surface area contributed by atoms with Crippen molar-refractivity contribution in [2.24, 2.45) is 0 Å². The van der Waals surface area contributed by atoms with E-state index in [-0.39, 0.29) is 0 Å². The van der Waals surface area contributed by atoms with Crippen molar-refractivity contribution in [2.75, 3.05) is 6.61 Å². The molecule has 2 heterocycles. The summed E-state index contributed by atoms with van der Waals surface area (Å²) in [5, 5.41) is 1.14. The number of nitrogens with one attached hydrogen (secondary N) is 1. The van der Waals surface area contributed by atoms with Gasteiger partial charge in [0.15, 0.2) is 0 Å². The summed E-state index contributed by atoms with van der Waals surface area (Å²) in [5.41, 5.74) is 6.38. The van der Waals surface area contributed by atoms with Crippen molar-refractivity contribution in [1.82, 2.24) is 4.98 Å². The molecule has 0 bridgehead atoms. The quantitative estimate of drug-likeness (QED) is 0.129. The fourth-order valence-corrected chi connectivity index (χ4v) is 6.30. The predicted octanol–water partition coefficient (Wildman–Crippen LogP) is 8.58. The standard InChI is InChI=1S/C42H41NO5/c1-5-13-31(14-6-1)26-44-30-38-40(45-27-32-15-7-2-8-16-32)42(47-29-34-19-11-4-12-20-34)41(46-28-33-17-9-3-10-18-33)39(48-38)36-22-21-35-23-24-43-37(35)25-36/h1-25,38-43H,26-30H2/t38-,39+,40-,41+,42+/m1/s1. The van der Waals surface area contributed by atoms with E-state index in [9.17, 15) is 0 Å². The van der Waals surface area contributed by atoms with E-state index in [1.165, 1.54) is 0 Å². The molecule has 48 heavy (non-hydrogen) atoms. The van der Waals surface area contributed by atoms with Crippen LogP contribution >= 0.6 is 0 Å². The van der Waals surface area contributed by atoms with Crippen LogP contribution in [0.1, 0.15) is 33.9 Å². The van der Waals surface area contributed by atoms with E-state index in [2.05, 4.69) is 77.8 Å². The summed E-state index contributed by atoms with van der Waals surface area (Å²) in [5.74, 6) is 0. The average molecular weight is 640 g/mol. The lowest BCUT2D eigenvalue weighted by Crippen LogP contribution is -2.58. The minimum Gasteiger partial charge on any atom is -0.374 e. The van der Waals surface area contributed by atoms with Crippen molar-refractivity contribution in [2.45, 2.75) is 56.9 Å². The molecular formula is C42H41NO5. The minimum atomic E-state index is -0.479. The van der Waals surface area contributed by atoms with Crippen LogP contribution < -0.4 is 0 Å². The Morgan fingerprint density at radius 1 is 0.500 bits per heavy atom. The third kappa shape index (κ3) is 8.11. The predicted molar refractivity (Wildman–Crippen MR) is 187 cm³/mol. The first-order chi connectivity index (χ1) is 23.8. The van der Waals surface area contributed by atoms with Crippen LogP contribution in [0.3, 0.4) is 0 Å². The number of H-pyrrole nitrogens is 1. The van der Waals surface area contributed by atoms with Crippen molar-refractivity contribution in [3.8, 4) is 0 Å². The molecule has 1 aliphatic heterocycles. The van der Waals surface area contributed by atoms with Gasteiger partial charge >= 0.3 is 0 Å². The Morgan fingerprint density at radius 3 is 1.56 bits per heavy atom. The molecule has 0 saturated carbocycles. The molecule has 6 heteroatoms. The second-order valence-electron chi connectivity index (χ2n) is 12.2. The maximum absolute atomic E-state index is 7.05. The highest BCUT2D eigenvalue weighted by Crippen LogP contribution is 2.39. The van der Waals surface area contributed by atoms with Crippen LogP contribution in [0.15, 0.2) is 152 Å². The number of benzene rings is 5. The van der Waals surface area contributed by atoms with Gasteiger partial charge in [0.05, 0.1) is 33.0 Å². The highest BCUT2D eigenvalue weighted by atomic mass is 16.6. The van der Waals surface area contributed by atoms with Gasteiger partial charge < -0.3 is 28.7 Å². The summed E-state index contributed by atoms with van der Waals surface area (Å²) in [6.45, 7) is 2.00. The number of aromatic nitrogens is 1. The van der Waals surface area contributed by atoms with Crippen LogP contribution in [-0.2, 0) is 50.1 Å². The molecule has 1 saturated heterocycles. The number of hydrogen-bond acceptors (Lipinski definition) is 5. The van der Waals surface area contributed by atoms with Gasteiger partial charge in [-0.1, -0.05) is 133 Å². The maximum Gasteiger partial charge on any atom is 0.117 e. The van der Waals surface area contributed by atoms with Crippen molar-refractivity contribution in [3.05, 3.63) is 180 Å². The zero-order valence-electron chi connectivity index (χ0n) is 26.9. The molecule has 7 rings (SSSR count). The van der Waals surface area contributed by atoms with Gasteiger partial charge in [0.2, 0.25) is 0 Å². The van der Waals surface area contributed by atoms with Crippen molar-refractivity contribution in [3.63, 3.8) is 0 Å². The number of aromatic amines is 1. The van der Waals surface area contributed by atoms with Gasteiger partial charge in [-0.25, -0.2) is 0 Å². The van der Waals surface area contributed by atoms with Crippen LogP contribution in [0.5, 0.6) is 0 Å². The van der Waals surface area contributed by atoms with Gasteiger partial charge in [0, 0.05) is 11.7 Å². The Balaban J connectivity index is 1.24. The lowest BCUT2D eigenvalue weighted by Gasteiger charge is -2.46. The molecule has 0 aliphatic carbocycles. The van der Waals surface area contributed by atoms with Crippen LogP contribution in [0.2, 0.25) is 0 Å². The molecule has 0 spiro atoms. The largest absolute Gasteiger partial charge is 0.374 e. The first-order valence-electron chi connectivity index (χ1n) is 16.6. The van der Waals surface area contributed by atoms with E-state index in [0.717, 1.165) is 38.7 Å². The molecule has 1 fully saturated rings. The summed E-state index contributed by atoms with van der Waals surface area (Å²) in [4.78, 5) is 3.36. The Bertz CT molecular complexity index is 1810. The summed E-state index contributed by atoms with van der Waals surface area (Å²) in [6, 6.07) is 49.3. The van der Waals surface area contributed by atoms with E-state index in [1.54, 1.807) is 0 Å². The topological polar surface area (TPSA) is 61.9 Å². The molecule has 5 atom stereocenters. The lowest BCUT2D eigenvalue weighted by atomic mass is 9.90. The average Bonchev–Trinajstić information content (AvgIpc) is 3.63. The van der Waals surface area contributed by atoms with Gasteiger partial charge in [-0.3, -0.25) is 0 Å². The summed E-state index contributed by atoms with van der Waals surface area (Å²) >= 11 is 0. The van der Waals surface area contributed by atoms with E-state index >= 15 is 0 Å². The van der Waals surface area contributed by atoms with Gasteiger partial charge in [-0.2, -0.15) is 0 Å². The van der Waals surface area contributed by atoms with Gasteiger partial charge in [-0.15, -0.1) is 0 Å². The number of ether oxygens (including phenoxy) is 5. The molecule has 244 valence electrons. The highest BCUT2D eigenvalue weighted by Gasteiger charge is 2.49. The van der Waals surface area contributed by atoms with Crippen molar-refractivity contribution in [1.29, 1.82) is 0 Å². The van der Waals surface area contributed by atoms with Gasteiger partial charge in [0.25, 0.3) is 0 Å². The second kappa shape index (κ2) is 16.0. The molecular weight excluding hydrogens is 598 g/mol. The SMILES string of the molecule is c1ccc(COC[C@H]2O[C@@H](c3ccc4cc[nH]c4c3)[C@H](OCc3ccccc3)[C@@H](OCc3ccccc3)[C@@H]2OCc2ccccc2)cc1. The van der Waals surface area contributed by atoms with Crippen molar-refractivity contribution < 1.29 is 23.7 Å². The highest BCUT2D eigenvalue weighted by molar-refractivity contribution is 5.80. The van der Waals surface area contributed by atoms with Crippen molar-refractivity contribution >= 4 is 10.9 Å². The van der Waals surface area contributed by atoms with Crippen LogP contribution in [0, 0.1) is 0 Å². The zero-order chi connectivity index (χ0) is 32.4. The minimum absolute atomic E-state index is 0.326. The molecule has 0 unspecified atom stereocenters. The molecule has 1 aromatic heterocycles. The van der Waals surface area contributed by atoms with E-state index in [1.807, 2.05) is 79.0 Å². The Labute approximate surface area is 282 Å². The first-order valence-corrected chi connectivity index (χ1v) is 16.6. The number of rotatable bonds is 14. The smallest absolute Gasteiger partial charge is 0.117 e. The Morgan fingerprint density at radius 2 is 1.00 bits per heavy atom. The Hall–Kier alpha value is -4.56. The van der Waals surface area contributed by atoms with Crippen LogP contribution in [0.25, 0.3) is 10.9 Å². The fourth-order valence-electron chi connectivity index (χ4n) is 6.30. The summed E-state index contributed by atoms with van der Waals surface area (Å²) in [7, 11) is 0. The van der Waals surface area contributed by atoms with Crippen LogP contribution in [0.4, 0.5) is 0 Å². The van der Waals surface area contributed by atoms with E-state index < -0.39 is 30.5 Å². The maximum atomic E-state index is 7.05. The third-order valence-corrected chi connectivity index (χ3v) is 8.79. The molecule has 1 N–H and O–H groups in total. The Kier molecular flexibility index (Phi) is 10.7. The second-order valence-corrected chi connectivity index (χ2v) is 12.2. The van der Waals surface area contributed by atoms with E-state index in [0.29, 0.717) is 33.0 Å². The number of hydrogen-bond donors (Lipinski definition) is 1. The van der Waals surface area contributed by atoms with E-state index in [4.69, 9.17) is 23.7 Å². The summed E-state index contributed by atoms with van der Waals surface area (Å²) in [6.07, 6.45) is -0.341. The third-order valence-electron chi connectivity index (χ3n) is 8.79. The fraction of sp³-hybridized carbons (Fsp3) is 0.238. The lowest BCUT2D eigenvalue weighted by molar-refractivity contribution is -0.275. The molecule has 0 radical (unpaired) electrons. The molecule has 5 aromatic carbocycles. The summed E-state index contributed by atoms with van der Waals surface area (Å²) < 4.78 is 33.9. The van der Waals surface area contributed by atoms with Gasteiger partial charge in [0.1, 0.15) is 30.5 Å². The normalized spacial score (nSPS) is 21.0. The zero-order valence-corrected chi connectivity index (χ0v) is 26.9. The number of fused-ring (bicyclic) bond motifs is 1. The molecule has 0 amide bonds. The molecule has 1 aliphatic rings. The first kappa shape index (κ1) is 32.0. The monoisotopic (exact) mass is 639 g/mol.